The SMILES string of the molecule is CCOC(C)CNCc1cncc2ccccc12. The lowest BCUT2D eigenvalue weighted by Crippen LogP contribution is -2.26. The Kier molecular flexibility index (Phi) is 4.67. The first-order valence-electron chi connectivity index (χ1n) is 6.45. The molecule has 0 saturated heterocycles. The second-order valence-corrected chi connectivity index (χ2v) is 4.42. The number of ether oxygens (including phenoxy) is 1. The van der Waals surface area contributed by atoms with E-state index in [2.05, 4.69) is 35.4 Å². The summed E-state index contributed by atoms with van der Waals surface area (Å²) in [5, 5.41) is 5.87. The second-order valence-electron chi connectivity index (χ2n) is 4.42. The molecule has 0 aliphatic rings. The van der Waals surface area contributed by atoms with E-state index in [1.54, 1.807) is 0 Å². The van der Waals surface area contributed by atoms with Crippen LogP contribution in [-0.2, 0) is 11.3 Å². The molecule has 1 heterocycles. The van der Waals surface area contributed by atoms with Gasteiger partial charge in [0.2, 0.25) is 0 Å². The van der Waals surface area contributed by atoms with Gasteiger partial charge >= 0.3 is 0 Å². The minimum Gasteiger partial charge on any atom is -0.377 e. The van der Waals surface area contributed by atoms with Crippen molar-refractivity contribution in [1.82, 2.24) is 10.3 Å². The summed E-state index contributed by atoms with van der Waals surface area (Å²) in [6.45, 7) is 6.55. The molecular weight excluding hydrogens is 224 g/mol. The van der Waals surface area contributed by atoms with E-state index in [0.29, 0.717) is 0 Å². The Bertz CT molecular complexity index is 493. The molecule has 0 bridgehead atoms. The molecule has 1 atom stereocenters. The van der Waals surface area contributed by atoms with Crippen molar-refractivity contribution in [2.75, 3.05) is 13.2 Å². The molecule has 1 aromatic carbocycles. The first kappa shape index (κ1) is 13.0. The van der Waals surface area contributed by atoms with Crippen molar-refractivity contribution >= 4 is 10.8 Å². The number of nitrogens with one attached hydrogen (secondary N) is 1. The molecule has 0 radical (unpaired) electrons. The van der Waals surface area contributed by atoms with Crippen molar-refractivity contribution in [1.29, 1.82) is 0 Å². The lowest BCUT2D eigenvalue weighted by atomic mass is 10.1. The zero-order valence-electron chi connectivity index (χ0n) is 11.0. The number of pyridine rings is 1. The first-order valence-corrected chi connectivity index (χ1v) is 6.45. The molecule has 1 unspecified atom stereocenters. The van der Waals surface area contributed by atoms with Gasteiger partial charge < -0.3 is 10.1 Å². The molecule has 96 valence electrons. The number of fused-ring (bicyclic) bond motifs is 1. The van der Waals surface area contributed by atoms with Crippen LogP contribution in [0.4, 0.5) is 0 Å². The largest absolute Gasteiger partial charge is 0.377 e. The Morgan fingerprint density at radius 3 is 2.94 bits per heavy atom. The Morgan fingerprint density at radius 1 is 1.28 bits per heavy atom. The van der Waals surface area contributed by atoms with Crippen molar-refractivity contribution in [3.63, 3.8) is 0 Å². The minimum atomic E-state index is 0.248. The molecule has 1 aromatic heterocycles. The third-order valence-corrected chi connectivity index (χ3v) is 2.95. The number of rotatable bonds is 6. The summed E-state index contributed by atoms with van der Waals surface area (Å²) in [5.74, 6) is 0. The molecule has 0 fully saturated rings. The van der Waals surface area contributed by atoms with Gasteiger partial charge in [-0.15, -0.1) is 0 Å². The quantitative estimate of drug-likeness (QED) is 0.848. The maximum absolute atomic E-state index is 5.49. The third-order valence-electron chi connectivity index (χ3n) is 2.95. The molecule has 0 spiro atoms. The Hall–Kier alpha value is -1.45. The molecule has 0 amide bonds. The van der Waals surface area contributed by atoms with E-state index in [9.17, 15) is 0 Å². The predicted molar refractivity (Wildman–Crippen MR) is 74.5 cm³/mol. The van der Waals surface area contributed by atoms with E-state index in [1.165, 1.54) is 16.3 Å². The molecule has 18 heavy (non-hydrogen) atoms. The van der Waals surface area contributed by atoms with Gasteiger partial charge in [-0.1, -0.05) is 24.3 Å². The second kappa shape index (κ2) is 6.47. The highest BCUT2D eigenvalue weighted by atomic mass is 16.5. The van der Waals surface area contributed by atoms with Crippen molar-refractivity contribution in [2.24, 2.45) is 0 Å². The van der Waals surface area contributed by atoms with Gasteiger partial charge in [-0.25, -0.2) is 0 Å². The molecule has 0 aliphatic carbocycles. The van der Waals surface area contributed by atoms with E-state index in [-0.39, 0.29) is 6.10 Å². The van der Waals surface area contributed by atoms with Crippen LogP contribution < -0.4 is 5.32 Å². The molecule has 2 aromatic rings. The molecular formula is C15H20N2O. The van der Waals surface area contributed by atoms with E-state index < -0.39 is 0 Å². The van der Waals surface area contributed by atoms with Crippen LogP contribution in [0.5, 0.6) is 0 Å². The molecule has 3 heteroatoms. The van der Waals surface area contributed by atoms with Crippen molar-refractivity contribution in [3.8, 4) is 0 Å². The summed E-state index contributed by atoms with van der Waals surface area (Å²) < 4.78 is 5.49. The van der Waals surface area contributed by atoms with Crippen LogP contribution in [0.3, 0.4) is 0 Å². The van der Waals surface area contributed by atoms with Crippen LogP contribution in [0, 0.1) is 0 Å². The number of benzene rings is 1. The van der Waals surface area contributed by atoms with Crippen molar-refractivity contribution < 1.29 is 4.74 Å². The lowest BCUT2D eigenvalue weighted by molar-refractivity contribution is 0.0759. The first-order chi connectivity index (χ1) is 8.81. The highest BCUT2D eigenvalue weighted by Crippen LogP contribution is 2.16. The predicted octanol–water partition coefficient (Wildman–Crippen LogP) is 2.75. The van der Waals surface area contributed by atoms with Gasteiger partial charge in [0.1, 0.15) is 0 Å². The van der Waals surface area contributed by atoms with Crippen molar-refractivity contribution in [3.05, 3.63) is 42.2 Å². The van der Waals surface area contributed by atoms with Gasteiger partial charge in [-0.2, -0.15) is 0 Å². The summed E-state index contributed by atoms with van der Waals surface area (Å²) >= 11 is 0. The molecule has 2 rings (SSSR count). The van der Waals surface area contributed by atoms with E-state index >= 15 is 0 Å². The van der Waals surface area contributed by atoms with Crippen LogP contribution in [0.15, 0.2) is 36.7 Å². The summed E-state index contributed by atoms with van der Waals surface area (Å²) in [7, 11) is 0. The Morgan fingerprint density at radius 2 is 2.11 bits per heavy atom. The van der Waals surface area contributed by atoms with Gasteiger partial charge in [-0.3, -0.25) is 4.98 Å². The fourth-order valence-corrected chi connectivity index (χ4v) is 2.07. The summed E-state index contributed by atoms with van der Waals surface area (Å²) in [6, 6.07) is 8.34. The highest BCUT2D eigenvalue weighted by Gasteiger charge is 2.03. The van der Waals surface area contributed by atoms with Gasteiger partial charge in [0.15, 0.2) is 0 Å². The van der Waals surface area contributed by atoms with Gasteiger partial charge in [0.25, 0.3) is 0 Å². The normalized spacial score (nSPS) is 12.8. The van der Waals surface area contributed by atoms with Gasteiger partial charge in [0.05, 0.1) is 6.10 Å². The molecule has 0 saturated carbocycles. The van der Waals surface area contributed by atoms with Crippen LogP contribution >= 0.6 is 0 Å². The van der Waals surface area contributed by atoms with Crippen LogP contribution in [0.25, 0.3) is 10.8 Å². The third kappa shape index (κ3) is 3.28. The highest BCUT2D eigenvalue weighted by molar-refractivity contribution is 5.84. The zero-order valence-corrected chi connectivity index (χ0v) is 11.0. The molecule has 1 N–H and O–H groups in total. The van der Waals surface area contributed by atoms with Crippen molar-refractivity contribution in [2.45, 2.75) is 26.5 Å². The minimum absolute atomic E-state index is 0.248. The molecule has 3 nitrogen and oxygen atoms in total. The fraction of sp³-hybridized carbons (Fsp3) is 0.400. The average molecular weight is 244 g/mol. The number of aromatic nitrogens is 1. The number of hydrogen-bond acceptors (Lipinski definition) is 3. The standard InChI is InChI=1S/C15H20N2O/c1-3-18-12(2)8-16-10-14-11-17-9-13-6-4-5-7-15(13)14/h4-7,9,11-12,16H,3,8,10H2,1-2H3. The Balaban J connectivity index is 1.99. The fourth-order valence-electron chi connectivity index (χ4n) is 2.07. The van der Waals surface area contributed by atoms with E-state index in [4.69, 9.17) is 4.74 Å². The lowest BCUT2D eigenvalue weighted by Gasteiger charge is -2.13. The molecule has 0 aliphatic heterocycles. The summed E-state index contributed by atoms with van der Waals surface area (Å²) in [6.07, 6.45) is 4.08. The maximum Gasteiger partial charge on any atom is 0.0671 e. The maximum atomic E-state index is 5.49. The average Bonchev–Trinajstić information content (AvgIpc) is 2.39. The van der Waals surface area contributed by atoms with Crippen LogP contribution in [-0.4, -0.2) is 24.2 Å². The zero-order chi connectivity index (χ0) is 12.8. The van der Waals surface area contributed by atoms with Gasteiger partial charge in [0, 0.05) is 37.5 Å². The topological polar surface area (TPSA) is 34.1 Å². The summed E-state index contributed by atoms with van der Waals surface area (Å²) in [5.41, 5.74) is 1.23. The smallest absolute Gasteiger partial charge is 0.0671 e. The van der Waals surface area contributed by atoms with E-state index in [1.807, 2.05) is 25.4 Å². The summed E-state index contributed by atoms with van der Waals surface area (Å²) in [4.78, 5) is 4.28. The monoisotopic (exact) mass is 244 g/mol. The van der Waals surface area contributed by atoms with Crippen LogP contribution in [0.2, 0.25) is 0 Å². The number of nitrogens with zero attached hydrogens (tertiary/aromatic N) is 1. The Labute approximate surface area is 108 Å². The number of hydrogen-bond donors (Lipinski definition) is 1. The van der Waals surface area contributed by atoms with E-state index in [0.717, 1.165) is 19.7 Å². The van der Waals surface area contributed by atoms with Crippen LogP contribution in [0.1, 0.15) is 19.4 Å². The van der Waals surface area contributed by atoms with Gasteiger partial charge in [-0.05, 0) is 24.8 Å².